The van der Waals surface area contributed by atoms with Crippen LogP contribution in [-0.4, -0.2) is 14.2 Å². The Hall–Kier alpha value is -3.00. The van der Waals surface area contributed by atoms with Crippen LogP contribution in [0, 0.1) is 0 Å². The molecule has 0 fully saturated rings. The summed E-state index contributed by atoms with van der Waals surface area (Å²) in [6.07, 6.45) is 10.6. The number of ether oxygens (including phenoxy) is 2. The van der Waals surface area contributed by atoms with Crippen LogP contribution in [-0.2, 0) is 25.7 Å². The Morgan fingerprint density at radius 2 is 0.821 bits per heavy atom. The van der Waals surface area contributed by atoms with Crippen molar-refractivity contribution < 1.29 is 9.47 Å². The van der Waals surface area contributed by atoms with Crippen molar-refractivity contribution in [2.45, 2.75) is 25.7 Å². The molecule has 2 aromatic carbocycles. The molecule has 0 saturated heterocycles. The summed E-state index contributed by atoms with van der Waals surface area (Å²) in [6.45, 7) is 15.6. The highest BCUT2D eigenvalue weighted by Gasteiger charge is 2.15. The van der Waals surface area contributed by atoms with Crippen molar-refractivity contribution in [3.05, 3.63) is 97.1 Å². The van der Waals surface area contributed by atoms with Gasteiger partial charge in [-0.3, -0.25) is 0 Å². The van der Waals surface area contributed by atoms with E-state index in [2.05, 4.69) is 50.6 Å². The number of methoxy groups -OCH3 is 2. The lowest BCUT2D eigenvalue weighted by molar-refractivity contribution is 0.406. The van der Waals surface area contributed by atoms with E-state index in [0.29, 0.717) is 0 Å². The van der Waals surface area contributed by atoms with Crippen molar-refractivity contribution >= 4 is 0 Å². The van der Waals surface area contributed by atoms with Crippen LogP contribution >= 0.6 is 0 Å². The van der Waals surface area contributed by atoms with Gasteiger partial charge in [0.2, 0.25) is 0 Å². The summed E-state index contributed by atoms with van der Waals surface area (Å²) in [7, 11) is 3.43. The van der Waals surface area contributed by atoms with E-state index in [1.807, 2.05) is 24.3 Å². The highest BCUT2D eigenvalue weighted by molar-refractivity contribution is 5.71. The maximum Gasteiger partial charge on any atom is 0.125 e. The first-order valence-corrected chi connectivity index (χ1v) is 9.46. The van der Waals surface area contributed by atoms with E-state index >= 15 is 0 Å². The van der Waals surface area contributed by atoms with Crippen LogP contribution in [0.4, 0.5) is 0 Å². The zero-order chi connectivity index (χ0) is 20.5. The van der Waals surface area contributed by atoms with Crippen molar-refractivity contribution in [1.82, 2.24) is 0 Å². The first-order valence-electron chi connectivity index (χ1n) is 9.46. The molecule has 0 aliphatic rings. The molecule has 146 valence electrons. The van der Waals surface area contributed by atoms with Gasteiger partial charge in [0.15, 0.2) is 0 Å². The first kappa shape index (κ1) is 21.3. The van der Waals surface area contributed by atoms with Crippen LogP contribution in [0.1, 0.15) is 22.3 Å². The summed E-state index contributed by atoms with van der Waals surface area (Å²) in [6, 6.07) is 8.74. The second-order valence-corrected chi connectivity index (χ2v) is 6.63. The number of hydrogen-bond donors (Lipinski definition) is 0. The monoisotopic (exact) mass is 374 g/mol. The molecule has 0 unspecified atom stereocenters. The van der Waals surface area contributed by atoms with Crippen LogP contribution in [0.25, 0.3) is 11.1 Å². The minimum Gasteiger partial charge on any atom is -0.496 e. The van der Waals surface area contributed by atoms with Crippen LogP contribution in [0.15, 0.2) is 74.9 Å². The third-order valence-electron chi connectivity index (χ3n) is 4.68. The molecule has 0 N–H and O–H groups in total. The van der Waals surface area contributed by atoms with Gasteiger partial charge >= 0.3 is 0 Å². The quantitative estimate of drug-likeness (QED) is 0.431. The molecule has 0 spiro atoms. The van der Waals surface area contributed by atoms with Crippen LogP contribution < -0.4 is 9.47 Å². The summed E-state index contributed by atoms with van der Waals surface area (Å²) in [5, 5.41) is 0. The van der Waals surface area contributed by atoms with Crippen molar-refractivity contribution in [2.24, 2.45) is 0 Å². The molecule has 0 radical (unpaired) electrons. The molecule has 2 rings (SSSR count). The lowest BCUT2D eigenvalue weighted by atomic mass is 9.92. The standard InChI is InChI=1S/C26H30O2/c1-7-11-19-15-23(16-20(12-8-2)25(19)27-5)24-17-21(13-9-3)26(28-6)22(18-24)14-10-4/h7-10,15-18H,1-4,11-14H2,5-6H3. The van der Waals surface area contributed by atoms with Gasteiger partial charge in [0, 0.05) is 0 Å². The smallest absolute Gasteiger partial charge is 0.125 e. The van der Waals surface area contributed by atoms with Crippen molar-refractivity contribution in [1.29, 1.82) is 0 Å². The van der Waals surface area contributed by atoms with Gasteiger partial charge in [0.05, 0.1) is 14.2 Å². The molecule has 0 aliphatic heterocycles. The molecule has 28 heavy (non-hydrogen) atoms. The number of benzene rings is 2. The molecular weight excluding hydrogens is 344 g/mol. The van der Waals surface area contributed by atoms with Gasteiger partial charge in [-0.1, -0.05) is 24.3 Å². The maximum absolute atomic E-state index is 5.69. The topological polar surface area (TPSA) is 18.5 Å². The zero-order valence-corrected chi connectivity index (χ0v) is 17.1. The van der Waals surface area contributed by atoms with Crippen molar-refractivity contribution in [3.63, 3.8) is 0 Å². The van der Waals surface area contributed by atoms with E-state index in [-0.39, 0.29) is 0 Å². The average Bonchev–Trinajstić information content (AvgIpc) is 2.68. The minimum absolute atomic E-state index is 0.746. The SMILES string of the molecule is C=CCc1cc(-c2cc(CC=C)c(OC)c(CC=C)c2)cc(CC=C)c1OC. The van der Waals surface area contributed by atoms with Crippen LogP contribution in [0.3, 0.4) is 0 Å². The summed E-state index contributed by atoms with van der Waals surface area (Å²) >= 11 is 0. The lowest BCUT2D eigenvalue weighted by Gasteiger charge is -2.18. The molecular formula is C26H30O2. The highest BCUT2D eigenvalue weighted by Crippen LogP contribution is 2.36. The fourth-order valence-electron chi connectivity index (χ4n) is 3.60. The molecule has 0 aliphatic carbocycles. The Morgan fingerprint density at radius 1 is 0.571 bits per heavy atom. The fraction of sp³-hybridized carbons (Fsp3) is 0.231. The van der Waals surface area contributed by atoms with E-state index < -0.39 is 0 Å². The Kier molecular flexibility index (Phi) is 7.88. The van der Waals surface area contributed by atoms with Gasteiger partial charge in [0.1, 0.15) is 11.5 Å². The van der Waals surface area contributed by atoms with Gasteiger partial charge in [-0.2, -0.15) is 0 Å². The van der Waals surface area contributed by atoms with E-state index in [1.54, 1.807) is 14.2 Å². The van der Waals surface area contributed by atoms with Crippen molar-refractivity contribution in [2.75, 3.05) is 14.2 Å². The summed E-state index contributed by atoms with van der Waals surface area (Å²) in [5.74, 6) is 1.82. The Balaban J connectivity index is 2.74. The van der Waals surface area contributed by atoms with Gasteiger partial charge in [0.25, 0.3) is 0 Å². The van der Waals surface area contributed by atoms with Gasteiger partial charge < -0.3 is 9.47 Å². The summed E-state index contributed by atoms with van der Waals surface area (Å²) in [4.78, 5) is 0. The minimum atomic E-state index is 0.746. The van der Waals surface area contributed by atoms with Gasteiger partial charge in [-0.05, 0) is 83.3 Å². The van der Waals surface area contributed by atoms with E-state index in [9.17, 15) is 0 Å². The Morgan fingerprint density at radius 3 is 1.00 bits per heavy atom. The molecule has 0 aromatic heterocycles. The predicted octanol–water partition coefficient (Wildman–Crippen LogP) is 6.28. The van der Waals surface area contributed by atoms with Crippen molar-refractivity contribution in [3.8, 4) is 22.6 Å². The first-order chi connectivity index (χ1) is 13.6. The zero-order valence-electron chi connectivity index (χ0n) is 17.1. The van der Waals surface area contributed by atoms with E-state index in [4.69, 9.17) is 9.47 Å². The van der Waals surface area contributed by atoms with Gasteiger partial charge in [-0.25, -0.2) is 0 Å². The second-order valence-electron chi connectivity index (χ2n) is 6.63. The highest BCUT2D eigenvalue weighted by atomic mass is 16.5. The summed E-state index contributed by atoms with van der Waals surface area (Å²) < 4.78 is 11.4. The molecule has 0 atom stereocenters. The van der Waals surface area contributed by atoms with Crippen LogP contribution in [0.5, 0.6) is 11.5 Å². The lowest BCUT2D eigenvalue weighted by Crippen LogP contribution is -2.00. The number of hydrogen-bond acceptors (Lipinski definition) is 2. The molecule has 2 heteroatoms. The average molecular weight is 375 g/mol. The molecule has 0 saturated carbocycles. The fourth-order valence-corrected chi connectivity index (χ4v) is 3.60. The molecule has 0 amide bonds. The third kappa shape index (κ3) is 4.64. The number of allylic oxidation sites excluding steroid dienone is 4. The predicted molar refractivity (Wildman–Crippen MR) is 121 cm³/mol. The normalized spacial score (nSPS) is 10.2. The molecule has 2 nitrogen and oxygen atoms in total. The molecule has 0 bridgehead atoms. The maximum atomic E-state index is 5.69. The second kappa shape index (κ2) is 10.4. The Labute approximate surface area is 169 Å². The largest absolute Gasteiger partial charge is 0.496 e. The molecule has 2 aromatic rings. The Bertz CT molecular complexity index is 738. The van der Waals surface area contributed by atoms with Gasteiger partial charge in [-0.15, -0.1) is 26.3 Å². The third-order valence-corrected chi connectivity index (χ3v) is 4.68. The number of rotatable bonds is 11. The van der Waals surface area contributed by atoms with Crippen LogP contribution in [0.2, 0.25) is 0 Å². The molecule has 0 heterocycles. The summed E-state index contributed by atoms with van der Waals surface area (Å²) in [5.41, 5.74) is 6.79. The van der Waals surface area contributed by atoms with E-state index in [1.165, 1.54) is 0 Å². The van der Waals surface area contributed by atoms with E-state index in [0.717, 1.165) is 70.6 Å².